The maximum absolute atomic E-state index is 5.64. The SMILES string of the molecule is Cc1ccc(C)c(-c2noc(CSc3nnc(-c4ccncc4)o3)n2)c1. The normalized spacial score (nSPS) is 11.0. The third-order valence-corrected chi connectivity index (χ3v) is 4.56. The second-order valence-corrected chi connectivity index (χ2v) is 6.65. The molecular formula is C18H15N5O2S. The van der Waals surface area contributed by atoms with Crippen molar-refractivity contribution in [3.63, 3.8) is 0 Å². The van der Waals surface area contributed by atoms with Gasteiger partial charge in [0, 0.05) is 23.5 Å². The molecule has 0 atom stereocenters. The molecule has 26 heavy (non-hydrogen) atoms. The summed E-state index contributed by atoms with van der Waals surface area (Å²) in [5.41, 5.74) is 4.06. The highest BCUT2D eigenvalue weighted by molar-refractivity contribution is 7.98. The molecule has 0 radical (unpaired) electrons. The van der Waals surface area contributed by atoms with Gasteiger partial charge in [0.25, 0.3) is 5.22 Å². The minimum Gasteiger partial charge on any atom is -0.411 e. The van der Waals surface area contributed by atoms with Crippen LogP contribution in [0.25, 0.3) is 22.8 Å². The van der Waals surface area contributed by atoms with Gasteiger partial charge in [-0.05, 0) is 37.6 Å². The number of aryl methyl sites for hydroxylation is 2. The molecule has 0 amide bonds. The highest BCUT2D eigenvalue weighted by atomic mass is 32.2. The first-order valence-corrected chi connectivity index (χ1v) is 8.94. The molecule has 0 spiro atoms. The molecule has 0 bridgehead atoms. The van der Waals surface area contributed by atoms with E-state index in [1.54, 1.807) is 12.4 Å². The zero-order valence-electron chi connectivity index (χ0n) is 14.2. The Balaban J connectivity index is 1.46. The summed E-state index contributed by atoms with van der Waals surface area (Å²) in [4.78, 5) is 8.44. The van der Waals surface area contributed by atoms with Gasteiger partial charge in [-0.1, -0.05) is 34.6 Å². The predicted molar refractivity (Wildman–Crippen MR) is 96.3 cm³/mol. The zero-order chi connectivity index (χ0) is 17.9. The third-order valence-electron chi connectivity index (χ3n) is 3.75. The minimum atomic E-state index is 0.447. The molecule has 3 heterocycles. The molecule has 1 aromatic carbocycles. The summed E-state index contributed by atoms with van der Waals surface area (Å²) in [6.07, 6.45) is 3.36. The van der Waals surface area contributed by atoms with Crippen molar-refractivity contribution in [2.45, 2.75) is 24.8 Å². The molecule has 0 N–H and O–H groups in total. The maximum atomic E-state index is 5.64. The van der Waals surface area contributed by atoms with Crippen LogP contribution in [-0.2, 0) is 5.75 Å². The lowest BCUT2D eigenvalue weighted by atomic mass is 10.1. The number of hydrogen-bond donors (Lipinski definition) is 0. The molecule has 3 aromatic heterocycles. The Hall–Kier alpha value is -3.00. The molecule has 0 unspecified atom stereocenters. The van der Waals surface area contributed by atoms with Crippen LogP contribution in [0.3, 0.4) is 0 Å². The standard InChI is InChI=1S/C18H15N5O2S/c1-11-3-4-12(2)14(9-11)16-20-15(25-23-16)10-26-18-22-21-17(24-18)13-5-7-19-8-6-13/h3-9H,10H2,1-2H3. The number of pyridine rings is 1. The van der Waals surface area contributed by atoms with E-state index in [1.807, 2.05) is 26.0 Å². The van der Waals surface area contributed by atoms with E-state index in [9.17, 15) is 0 Å². The van der Waals surface area contributed by atoms with Crippen molar-refractivity contribution >= 4 is 11.8 Å². The number of hydrogen-bond acceptors (Lipinski definition) is 8. The number of thioether (sulfide) groups is 1. The lowest BCUT2D eigenvalue weighted by molar-refractivity contribution is 0.391. The molecular weight excluding hydrogens is 350 g/mol. The molecule has 0 aliphatic carbocycles. The summed E-state index contributed by atoms with van der Waals surface area (Å²) < 4.78 is 11.0. The van der Waals surface area contributed by atoms with E-state index in [-0.39, 0.29) is 0 Å². The minimum absolute atomic E-state index is 0.447. The fraction of sp³-hybridized carbons (Fsp3) is 0.167. The lowest BCUT2D eigenvalue weighted by Gasteiger charge is -2.01. The summed E-state index contributed by atoms with van der Waals surface area (Å²) in [6.45, 7) is 4.06. The number of aromatic nitrogens is 5. The first-order valence-electron chi connectivity index (χ1n) is 7.96. The van der Waals surface area contributed by atoms with E-state index >= 15 is 0 Å². The van der Waals surface area contributed by atoms with E-state index < -0.39 is 0 Å². The molecule has 0 aliphatic rings. The summed E-state index contributed by atoms with van der Waals surface area (Å²) in [5.74, 6) is 2.01. The van der Waals surface area contributed by atoms with Crippen molar-refractivity contribution in [2.24, 2.45) is 0 Å². The van der Waals surface area contributed by atoms with Crippen molar-refractivity contribution in [1.29, 1.82) is 0 Å². The van der Waals surface area contributed by atoms with E-state index in [0.29, 0.717) is 28.6 Å². The van der Waals surface area contributed by atoms with E-state index in [4.69, 9.17) is 8.94 Å². The summed E-state index contributed by atoms with van der Waals surface area (Å²) in [5, 5.41) is 12.6. The van der Waals surface area contributed by atoms with Crippen molar-refractivity contribution in [1.82, 2.24) is 25.3 Å². The van der Waals surface area contributed by atoms with Gasteiger partial charge in [0.15, 0.2) is 0 Å². The molecule has 4 aromatic rings. The highest BCUT2D eigenvalue weighted by Crippen LogP contribution is 2.27. The van der Waals surface area contributed by atoms with Gasteiger partial charge in [-0.2, -0.15) is 4.98 Å². The Bertz CT molecular complexity index is 1030. The van der Waals surface area contributed by atoms with Gasteiger partial charge < -0.3 is 8.94 Å². The van der Waals surface area contributed by atoms with Crippen LogP contribution >= 0.6 is 11.8 Å². The number of rotatable bonds is 5. The van der Waals surface area contributed by atoms with E-state index in [2.05, 4.69) is 43.5 Å². The molecule has 0 saturated carbocycles. The Morgan fingerprint density at radius 2 is 1.88 bits per heavy atom. The van der Waals surface area contributed by atoms with Gasteiger partial charge in [-0.15, -0.1) is 10.2 Å². The first-order chi connectivity index (χ1) is 12.7. The monoisotopic (exact) mass is 365 g/mol. The second-order valence-electron chi connectivity index (χ2n) is 5.73. The average Bonchev–Trinajstić information content (AvgIpc) is 3.32. The van der Waals surface area contributed by atoms with Crippen LogP contribution < -0.4 is 0 Å². The van der Waals surface area contributed by atoms with Crippen molar-refractivity contribution < 1.29 is 8.94 Å². The van der Waals surface area contributed by atoms with Gasteiger partial charge in [0.2, 0.25) is 17.6 Å². The Morgan fingerprint density at radius 1 is 1.04 bits per heavy atom. The largest absolute Gasteiger partial charge is 0.411 e. The Labute approximate surface area is 153 Å². The molecule has 0 saturated heterocycles. The van der Waals surface area contributed by atoms with Crippen molar-refractivity contribution in [3.8, 4) is 22.8 Å². The van der Waals surface area contributed by atoms with Gasteiger partial charge in [0.1, 0.15) is 0 Å². The van der Waals surface area contributed by atoms with Crippen molar-refractivity contribution in [2.75, 3.05) is 0 Å². The van der Waals surface area contributed by atoms with Crippen LogP contribution in [-0.4, -0.2) is 25.3 Å². The molecule has 7 nitrogen and oxygen atoms in total. The summed E-state index contributed by atoms with van der Waals surface area (Å²) in [7, 11) is 0. The highest BCUT2D eigenvalue weighted by Gasteiger charge is 2.14. The number of benzene rings is 1. The summed E-state index contributed by atoms with van der Waals surface area (Å²) in [6, 6.07) is 9.79. The fourth-order valence-corrected chi connectivity index (χ4v) is 3.00. The van der Waals surface area contributed by atoms with E-state index in [0.717, 1.165) is 22.3 Å². The van der Waals surface area contributed by atoms with Crippen molar-refractivity contribution in [3.05, 3.63) is 59.7 Å². The van der Waals surface area contributed by atoms with Crippen LogP contribution in [0.1, 0.15) is 17.0 Å². The first kappa shape index (κ1) is 16.5. The molecule has 0 fully saturated rings. The average molecular weight is 365 g/mol. The predicted octanol–water partition coefficient (Wildman–Crippen LogP) is 4.09. The van der Waals surface area contributed by atoms with Gasteiger partial charge in [-0.3, -0.25) is 4.98 Å². The lowest BCUT2D eigenvalue weighted by Crippen LogP contribution is -1.87. The van der Waals surface area contributed by atoms with Crippen LogP contribution in [0.15, 0.2) is 56.9 Å². The van der Waals surface area contributed by atoms with Crippen LogP contribution in [0.5, 0.6) is 0 Å². The second kappa shape index (κ2) is 7.09. The maximum Gasteiger partial charge on any atom is 0.277 e. The molecule has 0 aliphatic heterocycles. The van der Waals surface area contributed by atoms with Crippen LogP contribution in [0.4, 0.5) is 0 Å². The number of nitrogens with zero attached hydrogens (tertiary/aromatic N) is 5. The van der Waals surface area contributed by atoms with E-state index in [1.165, 1.54) is 11.8 Å². The molecule has 8 heteroatoms. The Kier molecular flexibility index (Phi) is 4.49. The fourth-order valence-electron chi connectivity index (χ4n) is 2.40. The summed E-state index contributed by atoms with van der Waals surface area (Å²) >= 11 is 1.35. The van der Waals surface area contributed by atoms with Gasteiger partial charge in [0.05, 0.1) is 5.75 Å². The Morgan fingerprint density at radius 3 is 2.73 bits per heavy atom. The van der Waals surface area contributed by atoms with Crippen LogP contribution in [0.2, 0.25) is 0 Å². The smallest absolute Gasteiger partial charge is 0.277 e. The molecule has 130 valence electrons. The van der Waals surface area contributed by atoms with Crippen LogP contribution in [0, 0.1) is 13.8 Å². The topological polar surface area (TPSA) is 90.7 Å². The van der Waals surface area contributed by atoms with Gasteiger partial charge >= 0.3 is 0 Å². The van der Waals surface area contributed by atoms with Gasteiger partial charge in [-0.25, -0.2) is 0 Å². The third kappa shape index (κ3) is 3.50. The quantitative estimate of drug-likeness (QED) is 0.488. The zero-order valence-corrected chi connectivity index (χ0v) is 15.0. The molecule has 4 rings (SSSR count).